The van der Waals surface area contributed by atoms with Crippen LogP contribution in [0.1, 0.15) is 29.2 Å². The summed E-state index contributed by atoms with van der Waals surface area (Å²) >= 11 is 0. The second-order valence-electron chi connectivity index (χ2n) is 6.02. The second kappa shape index (κ2) is 6.04. The van der Waals surface area contributed by atoms with Crippen LogP contribution >= 0.6 is 0 Å². The molecule has 0 bridgehead atoms. The molecule has 24 heavy (non-hydrogen) atoms. The Kier molecular flexibility index (Phi) is 3.73. The molecule has 0 spiro atoms. The smallest absolute Gasteiger partial charge is 0.311 e. The van der Waals surface area contributed by atoms with Crippen molar-refractivity contribution in [3.63, 3.8) is 0 Å². The molecule has 0 saturated carbocycles. The van der Waals surface area contributed by atoms with Crippen molar-refractivity contribution in [2.45, 2.75) is 25.4 Å². The summed E-state index contributed by atoms with van der Waals surface area (Å²) in [6.45, 7) is 0. The van der Waals surface area contributed by atoms with E-state index in [0.29, 0.717) is 5.58 Å². The minimum Gasteiger partial charge on any atom is -0.497 e. The van der Waals surface area contributed by atoms with E-state index in [2.05, 4.69) is 6.07 Å². The molecule has 0 radical (unpaired) electrons. The minimum atomic E-state index is -0.227. The summed E-state index contributed by atoms with van der Waals surface area (Å²) < 4.78 is 16.4. The minimum absolute atomic E-state index is 0.132. The number of fused-ring (bicyclic) bond motifs is 2. The molecule has 1 aromatic heterocycles. The van der Waals surface area contributed by atoms with Crippen LogP contribution in [0.4, 0.5) is 0 Å². The molecule has 0 aliphatic heterocycles. The average molecular weight is 322 g/mol. The number of aryl methyl sites for hydroxylation is 1. The van der Waals surface area contributed by atoms with Gasteiger partial charge in [-0.3, -0.25) is 4.79 Å². The third kappa shape index (κ3) is 2.64. The Labute approximate surface area is 140 Å². The molecule has 1 heterocycles. The molecule has 3 aromatic rings. The third-order valence-electron chi connectivity index (χ3n) is 4.55. The molecule has 0 saturated heterocycles. The Morgan fingerprint density at radius 2 is 2.12 bits per heavy atom. The fourth-order valence-corrected chi connectivity index (χ4v) is 3.32. The van der Waals surface area contributed by atoms with Gasteiger partial charge in [0.05, 0.1) is 19.8 Å². The predicted molar refractivity (Wildman–Crippen MR) is 90.1 cm³/mol. The zero-order valence-electron chi connectivity index (χ0n) is 13.5. The maximum Gasteiger partial charge on any atom is 0.311 e. The Hall–Kier alpha value is -2.75. The molecule has 0 unspecified atom stereocenters. The third-order valence-corrected chi connectivity index (χ3v) is 4.55. The summed E-state index contributed by atoms with van der Waals surface area (Å²) in [5.74, 6) is 0.503. The van der Waals surface area contributed by atoms with Crippen molar-refractivity contribution in [2.24, 2.45) is 0 Å². The van der Waals surface area contributed by atoms with E-state index in [9.17, 15) is 4.79 Å². The van der Waals surface area contributed by atoms with Crippen molar-refractivity contribution in [1.29, 1.82) is 0 Å². The van der Waals surface area contributed by atoms with Gasteiger partial charge < -0.3 is 13.9 Å². The monoisotopic (exact) mass is 322 g/mol. The molecule has 0 amide bonds. The standard InChI is InChI=1S/C20H18O4/c1-22-15-7-8-17-14(12-23-19(17)11-15)10-20(21)24-18-9-6-13-4-2-3-5-16(13)18/h2-5,7-8,11-12,18H,6,9-10H2,1H3/t18-/m1/s1. The van der Waals surface area contributed by atoms with Crippen molar-refractivity contribution in [3.05, 3.63) is 65.4 Å². The highest BCUT2D eigenvalue weighted by Gasteiger charge is 2.25. The van der Waals surface area contributed by atoms with Crippen LogP contribution in [0.2, 0.25) is 0 Å². The lowest BCUT2D eigenvalue weighted by molar-refractivity contribution is -0.148. The molecule has 1 aliphatic rings. The Balaban J connectivity index is 1.49. The molecule has 1 atom stereocenters. The molecular formula is C20H18O4. The van der Waals surface area contributed by atoms with Crippen LogP contribution in [0.15, 0.2) is 53.1 Å². The van der Waals surface area contributed by atoms with Gasteiger partial charge in [-0.1, -0.05) is 24.3 Å². The highest BCUT2D eigenvalue weighted by atomic mass is 16.5. The number of hydrogen-bond acceptors (Lipinski definition) is 4. The molecule has 4 rings (SSSR count). The van der Waals surface area contributed by atoms with E-state index in [4.69, 9.17) is 13.9 Å². The van der Waals surface area contributed by atoms with E-state index in [-0.39, 0.29) is 18.5 Å². The zero-order valence-corrected chi connectivity index (χ0v) is 13.5. The van der Waals surface area contributed by atoms with Gasteiger partial charge in [-0.05, 0) is 36.1 Å². The average Bonchev–Trinajstić information content (AvgIpc) is 3.19. The highest BCUT2D eigenvalue weighted by Crippen LogP contribution is 2.34. The van der Waals surface area contributed by atoms with Gasteiger partial charge in [-0.25, -0.2) is 0 Å². The Bertz CT molecular complexity index is 894. The fourth-order valence-electron chi connectivity index (χ4n) is 3.32. The van der Waals surface area contributed by atoms with Crippen molar-refractivity contribution < 1.29 is 18.7 Å². The van der Waals surface area contributed by atoms with Crippen molar-refractivity contribution >= 4 is 16.9 Å². The van der Waals surface area contributed by atoms with Gasteiger partial charge >= 0.3 is 5.97 Å². The summed E-state index contributed by atoms with van der Waals surface area (Å²) in [6, 6.07) is 13.7. The largest absolute Gasteiger partial charge is 0.497 e. The van der Waals surface area contributed by atoms with Crippen LogP contribution in [-0.2, 0) is 22.4 Å². The van der Waals surface area contributed by atoms with E-state index in [1.807, 2.05) is 36.4 Å². The van der Waals surface area contributed by atoms with Crippen molar-refractivity contribution in [1.82, 2.24) is 0 Å². The SMILES string of the molecule is COc1ccc2c(CC(=O)O[C@@H]3CCc4ccccc43)coc2c1. The number of ether oxygens (including phenoxy) is 2. The number of methoxy groups -OCH3 is 1. The summed E-state index contributed by atoms with van der Waals surface area (Å²) in [5, 5.41) is 0.916. The lowest BCUT2D eigenvalue weighted by atomic mass is 10.1. The van der Waals surface area contributed by atoms with Crippen LogP contribution < -0.4 is 4.74 Å². The molecule has 122 valence electrons. The van der Waals surface area contributed by atoms with Gasteiger partial charge in [0.15, 0.2) is 0 Å². The number of furan rings is 1. The molecule has 4 heteroatoms. The van der Waals surface area contributed by atoms with Gasteiger partial charge in [0.1, 0.15) is 17.4 Å². The topological polar surface area (TPSA) is 48.7 Å². The fraction of sp³-hybridized carbons (Fsp3) is 0.250. The molecular weight excluding hydrogens is 304 g/mol. The highest BCUT2D eigenvalue weighted by molar-refractivity contribution is 5.86. The number of esters is 1. The number of carbonyl (C=O) groups is 1. The zero-order chi connectivity index (χ0) is 16.5. The molecule has 4 nitrogen and oxygen atoms in total. The Morgan fingerprint density at radius 3 is 3.00 bits per heavy atom. The van der Waals surface area contributed by atoms with Gasteiger partial charge in [0, 0.05) is 17.0 Å². The lowest BCUT2D eigenvalue weighted by Crippen LogP contribution is -2.11. The van der Waals surface area contributed by atoms with Crippen LogP contribution in [0, 0.1) is 0 Å². The maximum absolute atomic E-state index is 12.4. The molecule has 2 aromatic carbocycles. The van der Waals surface area contributed by atoms with Gasteiger partial charge in [-0.15, -0.1) is 0 Å². The number of carbonyl (C=O) groups excluding carboxylic acids is 1. The second-order valence-corrected chi connectivity index (χ2v) is 6.02. The lowest BCUT2D eigenvalue weighted by Gasteiger charge is -2.13. The summed E-state index contributed by atoms with van der Waals surface area (Å²) in [4.78, 5) is 12.4. The summed E-state index contributed by atoms with van der Waals surface area (Å²) in [5.41, 5.74) is 3.95. The van der Waals surface area contributed by atoms with Crippen molar-refractivity contribution in [3.8, 4) is 5.75 Å². The van der Waals surface area contributed by atoms with E-state index in [1.54, 1.807) is 13.4 Å². The summed E-state index contributed by atoms with van der Waals surface area (Å²) in [6.07, 6.45) is 3.51. The van der Waals surface area contributed by atoms with E-state index >= 15 is 0 Å². The first-order chi connectivity index (χ1) is 11.7. The first kappa shape index (κ1) is 14.8. The summed E-state index contributed by atoms with van der Waals surface area (Å²) in [7, 11) is 1.61. The van der Waals surface area contributed by atoms with Gasteiger partial charge in [0.2, 0.25) is 0 Å². The van der Waals surface area contributed by atoms with E-state index < -0.39 is 0 Å². The van der Waals surface area contributed by atoms with Gasteiger partial charge in [-0.2, -0.15) is 0 Å². The van der Waals surface area contributed by atoms with Crippen LogP contribution in [0.5, 0.6) is 5.75 Å². The van der Waals surface area contributed by atoms with Gasteiger partial charge in [0.25, 0.3) is 0 Å². The first-order valence-electron chi connectivity index (χ1n) is 8.06. The number of hydrogen-bond donors (Lipinski definition) is 0. The van der Waals surface area contributed by atoms with Crippen LogP contribution in [0.3, 0.4) is 0 Å². The molecule has 1 aliphatic carbocycles. The quantitative estimate of drug-likeness (QED) is 0.675. The molecule has 0 N–H and O–H groups in total. The van der Waals surface area contributed by atoms with E-state index in [0.717, 1.165) is 35.1 Å². The molecule has 0 fully saturated rings. The Morgan fingerprint density at radius 1 is 1.25 bits per heavy atom. The van der Waals surface area contributed by atoms with Crippen LogP contribution in [-0.4, -0.2) is 13.1 Å². The first-order valence-corrected chi connectivity index (χ1v) is 8.06. The normalized spacial score (nSPS) is 16.1. The van der Waals surface area contributed by atoms with E-state index in [1.165, 1.54) is 5.56 Å². The van der Waals surface area contributed by atoms with Crippen LogP contribution in [0.25, 0.3) is 11.0 Å². The number of benzene rings is 2. The number of rotatable bonds is 4. The maximum atomic E-state index is 12.4. The predicted octanol–water partition coefficient (Wildman–Crippen LogP) is 4.21. The van der Waals surface area contributed by atoms with Crippen molar-refractivity contribution in [2.75, 3.05) is 7.11 Å².